The van der Waals surface area contributed by atoms with Crippen LogP contribution in [0.2, 0.25) is 0 Å². The van der Waals surface area contributed by atoms with E-state index in [1.807, 2.05) is 0 Å². The number of epoxide rings is 1. The molecule has 2 fully saturated rings. The van der Waals surface area contributed by atoms with Crippen molar-refractivity contribution >= 4 is 17.5 Å². The van der Waals surface area contributed by atoms with Gasteiger partial charge in [0.1, 0.15) is 11.3 Å². The Hall–Kier alpha value is -3.28. The number of amides is 2. The lowest BCUT2D eigenvalue weighted by Gasteiger charge is -2.19. The van der Waals surface area contributed by atoms with Gasteiger partial charge >= 0.3 is 6.18 Å². The predicted octanol–water partition coefficient (Wildman–Crippen LogP) is 3.04. The molecule has 32 heavy (non-hydrogen) atoms. The topological polar surface area (TPSA) is 107 Å². The van der Waals surface area contributed by atoms with Crippen molar-refractivity contribution in [2.45, 2.75) is 30.2 Å². The Bertz CT molecular complexity index is 1120. The number of nitrogens with zero attached hydrogens (tertiary/aromatic N) is 1. The van der Waals surface area contributed by atoms with Crippen molar-refractivity contribution in [2.24, 2.45) is 11.7 Å². The Morgan fingerprint density at radius 3 is 2.59 bits per heavy atom. The lowest BCUT2D eigenvalue weighted by atomic mass is 9.87. The van der Waals surface area contributed by atoms with Gasteiger partial charge in [-0.25, -0.2) is 4.39 Å². The van der Waals surface area contributed by atoms with Gasteiger partial charge in [-0.2, -0.15) is 17.6 Å². The molecule has 1 aromatic heterocycles. The molecule has 0 radical (unpaired) electrons. The van der Waals surface area contributed by atoms with E-state index in [0.717, 1.165) is 25.3 Å². The summed E-state index contributed by atoms with van der Waals surface area (Å²) in [6.07, 6.45) is -4.90. The minimum Gasteiger partial charge on any atom is -0.493 e. The summed E-state index contributed by atoms with van der Waals surface area (Å²) in [4.78, 5) is 28.1. The third-order valence-corrected chi connectivity index (χ3v) is 5.82. The van der Waals surface area contributed by atoms with Crippen molar-refractivity contribution in [3.8, 4) is 5.75 Å². The summed E-state index contributed by atoms with van der Waals surface area (Å²) < 4.78 is 79.2. The van der Waals surface area contributed by atoms with E-state index >= 15 is 0 Å². The van der Waals surface area contributed by atoms with Crippen LogP contribution < -0.4 is 15.8 Å². The zero-order valence-electron chi connectivity index (χ0n) is 16.4. The van der Waals surface area contributed by atoms with Crippen LogP contribution in [-0.4, -0.2) is 35.7 Å². The molecule has 1 aromatic carbocycles. The number of carbonyl (C=O) groups is 2. The van der Waals surface area contributed by atoms with Crippen LogP contribution in [0.25, 0.3) is 0 Å². The van der Waals surface area contributed by atoms with Gasteiger partial charge in [0.2, 0.25) is 5.82 Å². The predicted molar refractivity (Wildman–Crippen MR) is 98.6 cm³/mol. The largest absolute Gasteiger partial charge is 0.493 e. The van der Waals surface area contributed by atoms with Crippen molar-refractivity contribution in [1.82, 2.24) is 4.98 Å². The summed E-state index contributed by atoms with van der Waals surface area (Å²) in [6, 6.07) is 4.23. The highest BCUT2D eigenvalue weighted by molar-refractivity contribution is 6.02. The molecule has 2 aromatic rings. The molecule has 170 valence electrons. The molecule has 4 rings (SSSR count). The maximum Gasteiger partial charge on any atom is 0.392 e. The first-order valence-corrected chi connectivity index (χ1v) is 9.32. The van der Waals surface area contributed by atoms with Crippen LogP contribution in [0.5, 0.6) is 5.75 Å². The van der Waals surface area contributed by atoms with Gasteiger partial charge in [-0.05, 0) is 30.7 Å². The number of halogens is 5. The first kappa shape index (κ1) is 21.9. The number of benzene rings is 1. The van der Waals surface area contributed by atoms with E-state index in [2.05, 4.69) is 10.3 Å². The number of methoxy groups -OCH3 is 1. The monoisotopic (exact) mass is 457 g/mol. The number of ether oxygens (including phenoxy) is 2. The fourth-order valence-corrected chi connectivity index (χ4v) is 4.31. The number of alkyl halides is 3. The standard InChI is InChI=1S/C20H16F5N3O4/c1-31-15-11(2-3-12(21)14(15)22)18-7-9(20(23,24)25)8-19(18,32-18)17(30)28-10-4-5-27-13(6-10)16(26)29/h2-6,9H,7-8H2,1H3,(H2,26,29)(H,27,28,30)/t9-,18-,19?/m0/s1. The second kappa shape index (κ2) is 7.12. The van der Waals surface area contributed by atoms with E-state index in [1.54, 1.807) is 0 Å². The molecule has 0 bridgehead atoms. The summed E-state index contributed by atoms with van der Waals surface area (Å²) >= 11 is 0. The van der Waals surface area contributed by atoms with Gasteiger partial charge in [0.05, 0.1) is 13.0 Å². The third kappa shape index (κ3) is 3.17. The normalized spacial score (nSPS) is 26.4. The quantitative estimate of drug-likeness (QED) is 0.530. The molecule has 7 nitrogen and oxygen atoms in total. The first-order chi connectivity index (χ1) is 14.9. The molecule has 1 saturated heterocycles. The number of nitrogens with one attached hydrogen (secondary N) is 1. The van der Waals surface area contributed by atoms with Crippen molar-refractivity contribution in [3.63, 3.8) is 0 Å². The second-order valence-corrected chi connectivity index (χ2v) is 7.59. The molecule has 1 unspecified atom stereocenters. The van der Waals surface area contributed by atoms with Gasteiger partial charge in [-0.1, -0.05) is 0 Å². The number of hydrogen-bond donors (Lipinski definition) is 2. The van der Waals surface area contributed by atoms with Crippen molar-refractivity contribution in [1.29, 1.82) is 0 Å². The van der Waals surface area contributed by atoms with E-state index in [0.29, 0.717) is 0 Å². The number of anilines is 1. The van der Waals surface area contributed by atoms with Gasteiger partial charge in [-0.15, -0.1) is 0 Å². The zero-order chi connectivity index (χ0) is 23.5. The Morgan fingerprint density at radius 2 is 1.97 bits per heavy atom. The van der Waals surface area contributed by atoms with Crippen LogP contribution in [-0.2, 0) is 15.1 Å². The van der Waals surface area contributed by atoms with Crippen LogP contribution in [0.15, 0.2) is 30.5 Å². The molecular weight excluding hydrogens is 441 g/mol. The number of aromatic nitrogens is 1. The smallest absolute Gasteiger partial charge is 0.392 e. The molecule has 1 aliphatic carbocycles. The molecule has 1 saturated carbocycles. The number of pyridine rings is 1. The van der Waals surface area contributed by atoms with E-state index < -0.39 is 65.3 Å². The number of rotatable bonds is 5. The fraction of sp³-hybridized carbons (Fsp3) is 0.350. The van der Waals surface area contributed by atoms with E-state index in [4.69, 9.17) is 15.2 Å². The summed E-state index contributed by atoms with van der Waals surface area (Å²) in [5.74, 6) is -7.06. The van der Waals surface area contributed by atoms with Gasteiger partial charge < -0.3 is 20.5 Å². The summed E-state index contributed by atoms with van der Waals surface area (Å²) in [5, 5.41) is 2.40. The Balaban J connectivity index is 1.75. The Morgan fingerprint density at radius 1 is 1.25 bits per heavy atom. The van der Waals surface area contributed by atoms with E-state index in [9.17, 15) is 31.5 Å². The van der Waals surface area contributed by atoms with Crippen molar-refractivity contribution in [3.05, 3.63) is 53.4 Å². The second-order valence-electron chi connectivity index (χ2n) is 7.59. The zero-order valence-corrected chi connectivity index (χ0v) is 16.4. The summed E-state index contributed by atoms with van der Waals surface area (Å²) in [7, 11) is 1.03. The Labute approximate surface area is 177 Å². The molecule has 3 N–H and O–H groups in total. The van der Waals surface area contributed by atoms with Gasteiger partial charge in [0.25, 0.3) is 11.8 Å². The molecule has 3 atom stereocenters. The van der Waals surface area contributed by atoms with Crippen molar-refractivity contribution < 1.29 is 41.0 Å². The first-order valence-electron chi connectivity index (χ1n) is 9.32. The molecule has 2 aliphatic rings. The van der Waals surface area contributed by atoms with Crippen LogP contribution >= 0.6 is 0 Å². The van der Waals surface area contributed by atoms with Crippen molar-refractivity contribution in [2.75, 3.05) is 12.4 Å². The molecular formula is C20H16F5N3O4. The highest BCUT2D eigenvalue weighted by atomic mass is 19.4. The number of hydrogen-bond acceptors (Lipinski definition) is 5. The highest BCUT2D eigenvalue weighted by Crippen LogP contribution is 2.71. The van der Waals surface area contributed by atoms with Crippen LogP contribution in [0.4, 0.5) is 27.6 Å². The number of carbonyl (C=O) groups excluding carboxylic acids is 2. The molecule has 1 aliphatic heterocycles. The maximum atomic E-state index is 14.3. The number of nitrogens with two attached hydrogens (primary N) is 1. The van der Waals surface area contributed by atoms with Crippen LogP contribution in [0.1, 0.15) is 28.9 Å². The van der Waals surface area contributed by atoms with Gasteiger partial charge in [0.15, 0.2) is 17.2 Å². The van der Waals surface area contributed by atoms with Gasteiger partial charge in [0, 0.05) is 23.9 Å². The number of primary amides is 1. The number of fused-ring (bicyclic) bond motifs is 1. The lowest BCUT2D eigenvalue weighted by Crippen LogP contribution is -2.35. The average Bonchev–Trinajstić information content (AvgIpc) is 3.25. The van der Waals surface area contributed by atoms with Gasteiger partial charge in [-0.3, -0.25) is 14.6 Å². The minimum atomic E-state index is -4.65. The summed E-state index contributed by atoms with van der Waals surface area (Å²) in [6.45, 7) is 0. The summed E-state index contributed by atoms with van der Waals surface area (Å²) in [5.41, 5.74) is 0.926. The average molecular weight is 457 g/mol. The third-order valence-electron chi connectivity index (χ3n) is 5.82. The van der Waals surface area contributed by atoms with E-state index in [-0.39, 0.29) is 16.9 Å². The van der Waals surface area contributed by atoms with E-state index in [1.165, 1.54) is 12.3 Å². The lowest BCUT2D eigenvalue weighted by molar-refractivity contribution is -0.182. The molecule has 12 heteroatoms. The molecule has 2 heterocycles. The maximum absolute atomic E-state index is 14.3. The van der Waals surface area contributed by atoms with Crippen LogP contribution in [0.3, 0.4) is 0 Å². The van der Waals surface area contributed by atoms with Crippen LogP contribution in [0, 0.1) is 17.6 Å². The highest BCUT2D eigenvalue weighted by Gasteiger charge is 2.82. The SMILES string of the molecule is COc1c([C@@]23C[C@H](C(F)(F)F)CC2(C(=O)Nc2ccnc(C(N)=O)c2)O3)ccc(F)c1F. The minimum absolute atomic E-state index is 0.0466. The molecule has 2 amide bonds. The molecule has 0 spiro atoms. The fourth-order valence-electron chi connectivity index (χ4n) is 4.31. The Kier molecular flexibility index (Phi) is 4.88.